The smallest absolute Gasteiger partial charge is 0.246 e. The summed E-state index contributed by atoms with van der Waals surface area (Å²) in [6.07, 6.45) is 9.71. The molecule has 1 amide bonds. The highest BCUT2D eigenvalue weighted by atomic mass is 16.5. The standard InChI is InChI=1S/C19H25NO3/c1-22-16-9-7-15(18(13-16)23-2)8-10-19(21)20-12-11-14-5-3-4-6-17(14)20/h7-10,13-14,17H,3-6,11-12H2,1-2H3. The summed E-state index contributed by atoms with van der Waals surface area (Å²) in [5.41, 5.74) is 0.890. The molecule has 1 saturated carbocycles. The van der Waals surface area contributed by atoms with E-state index in [0.717, 1.165) is 36.6 Å². The number of nitrogens with zero attached hydrogens (tertiary/aromatic N) is 1. The monoisotopic (exact) mass is 315 g/mol. The first-order valence-electron chi connectivity index (χ1n) is 8.43. The number of likely N-dealkylation sites (tertiary alicyclic amines) is 1. The van der Waals surface area contributed by atoms with Crippen molar-refractivity contribution in [2.24, 2.45) is 5.92 Å². The first-order valence-corrected chi connectivity index (χ1v) is 8.43. The van der Waals surface area contributed by atoms with E-state index in [-0.39, 0.29) is 5.91 Å². The van der Waals surface area contributed by atoms with Gasteiger partial charge in [0, 0.05) is 30.3 Å². The third-order valence-corrected chi connectivity index (χ3v) is 5.14. The Kier molecular flexibility index (Phi) is 4.89. The molecule has 4 heteroatoms. The van der Waals surface area contributed by atoms with Crippen molar-refractivity contribution >= 4 is 12.0 Å². The molecule has 4 nitrogen and oxygen atoms in total. The quantitative estimate of drug-likeness (QED) is 0.798. The molecule has 0 bridgehead atoms. The number of hydrogen-bond acceptors (Lipinski definition) is 3. The van der Waals surface area contributed by atoms with Crippen molar-refractivity contribution in [1.82, 2.24) is 4.90 Å². The van der Waals surface area contributed by atoms with Crippen molar-refractivity contribution in [3.8, 4) is 11.5 Å². The van der Waals surface area contributed by atoms with Crippen LogP contribution < -0.4 is 9.47 Å². The fourth-order valence-electron chi connectivity index (χ4n) is 3.89. The number of amides is 1. The molecule has 2 unspecified atom stereocenters. The summed E-state index contributed by atoms with van der Waals surface area (Å²) in [5, 5.41) is 0. The van der Waals surface area contributed by atoms with Gasteiger partial charge >= 0.3 is 0 Å². The molecule has 2 fully saturated rings. The van der Waals surface area contributed by atoms with E-state index in [9.17, 15) is 4.79 Å². The first-order chi connectivity index (χ1) is 11.2. The summed E-state index contributed by atoms with van der Waals surface area (Å²) in [7, 11) is 3.25. The van der Waals surface area contributed by atoms with Gasteiger partial charge in [-0.15, -0.1) is 0 Å². The SMILES string of the molecule is COc1ccc(C=CC(=O)N2CCC3CCCCC32)c(OC)c1. The van der Waals surface area contributed by atoms with E-state index >= 15 is 0 Å². The molecule has 0 spiro atoms. The van der Waals surface area contributed by atoms with Gasteiger partial charge < -0.3 is 14.4 Å². The summed E-state index contributed by atoms with van der Waals surface area (Å²) in [6.45, 7) is 0.901. The number of methoxy groups -OCH3 is 2. The number of carbonyl (C=O) groups excluding carboxylic acids is 1. The van der Waals surface area contributed by atoms with Crippen LogP contribution >= 0.6 is 0 Å². The molecule has 2 aliphatic rings. The molecule has 1 aliphatic carbocycles. The number of fused-ring (bicyclic) bond motifs is 1. The summed E-state index contributed by atoms with van der Waals surface area (Å²) in [5.74, 6) is 2.30. The highest BCUT2D eigenvalue weighted by molar-refractivity contribution is 5.92. The lowest BCUT2D eigenvalue weighted by molar-refractivity contribution is -0.127. The zero-order valence-corrected chi connectivity index (χ0v) is 14.0. The minimum Gasteiger partial charge on any atom is -0.497 e. The van der Waals surface area contributed by atoms with Gasteiger partial charge in [0.2, 0.25) is 5.91 Å². The van der Waals surface area contributed by atoms with E-state index in [4.69, 9.17) is 9.47 Å². The fourth-order valence-corrected chi connectivity index (χ4v) is 3.89. The molecular formula is C19H25NO3. The largest absolute Gasteiger partial charge is 0.497 e. The third kappa shape index (κ3) is 3.36. The molecule has 0 radical (unpaired) electrons. The maximum absolute atomic E-state index is 12.6. The van der Waals surface area contributed by atoms with Crippen LogP contribution in [0.4, 0.5) is 0 Å². The number of hydrogen-bond donors (Lipinski definition) is 0. The van der Waals surface area contributed by atoms with Gasteiger partial charge in [-0.3, -0.25) is 4.79 Å². The minimum atomic E-state index is 0.122. The van der Waals surface area contributed by atoms with Gasteiger partial charge in [-0.1, -0.05) is 12.8 Å². The average molecular weight is 315 g/mol. The molecule has 1 aromatic rings. The summed E-state index contributed by atoms with van der Waals surface area (Å²) >= 11 is 0. The lowest BCUT2D eigenvalue weighted by Gasteiger charge is -2.31. The van der Waals surface area contributed by atoms with E-state index in [1.165, 1.54) is 19.3 Å². The van der Waals surface area contributed by atoms with Crippen molar-refractivity contribution < 1.29 is 14.3 Å². The van der Waals surface area contributed by atoms with E-state index < -0.39 is 0 Å². The highest BCUT2D eigenvalue weighted by Gasteiger charge is 2.37. The van der Waals surface area contributed by atoms with E-state index in [1.807, 2.05) is 24.3 Å². The molecule has 0 aromatic heterocycles. The Balaban J connectivity index is 1.71. The van der Waals surface area contributed by atoms with Gasteiger partial charge in [-0.05, 0) is 43.4 Å². The molecular weight excluding hydrogens is 290 g/mol. The normalized spacial score (nSPS) is 23.8. The second-order valence-corrected chi connectivity index (χ2v) is 6.37. The molecule has 0 N–H and O–H groups in total. The van der Waals surface area contributed by atoms with Crippen LogP contribution in [0.25, 0.3) is 6.08 Å². The van der Waals surface area contributed by atoms with Gasteiger partial charge in [0.15, 0.2) is 0 Å². The average Bonchev–Trinajstić information content (AvgIpc) is 3.03. The fraction of sp³-hybridized carbons (Fsp3) is 0.526. The second-order valence-electron chi connectivity index (χ2n) is 6.37. The van der Waals surface area contributed by atoms with Gasteiger partial charge in [0.25, 0.3) is 0 Å². The Morgan fingerprint density at radius 3 is 2.78 bits per heavy atom. The molecule has 1 aliphatic heterocycles. The highest BCUT2D eigenvalue weighted by Crippen LogP contribution is 2.36. The molecule has 3 rings (SSSR count). The topological polar surface area (TPSA) is 38.8 Å². The van der Waals surface area contributed by atoms with Crippen LogP contribution in [0, 0.1) is 5.92 Å². The van der Waals surface area contributed by atoms with Crippen LogP contribution in [0.5, 0.6) is 11.5 Å². The van der Waals surface area contributed by atoms with E-state index in [0.29, 0.717) is 11.8 Å². The van der Waals surface area contributed by atoms with Crippen LogP contribution in [0.2, 0.25) is 0 Å². The van der Waals surface area contributed by atoms with Crippen molar-refractivity contribution in [2.45, 2.75) is 38.1 Å². The molecule has 2 atom stereocenters. The van der Waals surface area contributed by atoms with Crippen molar-refractivity contribution in [1.29, 1.82) is 0 Å². The lowest BCUT2D eigenvalue weighted by Crippen LogP contribution is -2.38. The van der Waals surface area contributed by atoms with Gasteiger partial charge in [-0.2, -0.15) is 0 Å². The van der Waals surface area contributed by atoms with E-state index in [1.54, 1.807) is 20.3 Å². The minimum absolute atomic E-state index is 0.122. The van der Waals surface area contributed by atoms with Gasteiger partial charge in [-0.25, -0.2) is 0 Å². The predicted octanol–water partition coefficient (Wildman–Crippen LogP) is 3.51. The molecule has 1 heterocycles. The van der Waals surface area contributed by atoms with Crippen LogP contribution in [0.3, 0.4) is 0 Å². The maximum atomic E-state index is 12.6. The first kappa shape index (κ1) is 15.9. The zero-order valence-electron chi connectivity index (χ0n) is 14.0. The van der Waals surface area contributed by atoms with Crippen molar-refractivity contribution in [3.63, 3.8) is 0 Å². The van der Waals surface area contributed by atoms with Gasteiger partial charge in [0.05, 0.1) is 14.2 Å². The second kappa shape index (κ2) is 7.07. The number of benzene rings is 1. The summed E-state index contributed by atoms with van der Waals surface area (Å²) in [6, 6.07) is 6.07. The number of ether oxygens (including phenoxy) is 2. The van der Waals surface area contributed by atoms with Crippen molar-refractivity contribution in [3.05, 3.63) is 29.8 Å². The Morgan fingerprint density at radius 2 is 2.00 bits per heavy atom. The number of rotatable bonds is 4. The van der Waals surface area contributed by atoms with Crippen molar-refractivity contribution in [2.75, 3.05) is 20.8 Å². The van der Waals surface area contributed by atoms with E-state index in [2.05, 4.69) is 4.90 Å². The molecule has 1 saturated heterocycles. The Hall–Kier alpha value is -1.97. The Labute approximate surface area is 138 Å². The predicted molar refractivity (Wildman–Crippen MR) is 90.7 cm³/mol. The summed E-state index contributed by atoms with van der Waals surface area (Å²) in [4.78, 5) is 14.6. The van der Waals surface area contributed by atoms with Gasteiger partial charge in [0.1, 0.15) is 11.5 Å². The number of carbonyl (C=O) groups is 1. The zero-order chi connectivity index (χ0) is 16.2. The molecule has 1 aromatic carbocycles. The molecule has 124 valence electrons. The maximum Gasteiger partial charge on any atom is 0.246 e. The lowest BCUT2D eigenvalue weighted by atomic mass is 9.85. The molecule has 23 heavy (non-hydrogen) atoms. The Bertz CT molecular complexity index is 596. The van der Waals surface area contributed by atoms with Crippen LogP contribution in [0.1, 0.15) is 37.7 Å². The van der Waals surface area contributed by atoms with Crippen LogP contribution in [-0.4, -0.2) is 37.6 Å². The van der Waals surface area contributed by atoms with Crippen LogP contribution in [0.15, 0.2) is 24.3 Å². The summed E-state index contributed by atoms with van der Waals surface area (Å²) < 4.78 is 10.6. The third-order valence-electron chi connectivity index (χ3n) is 5.14. The van der Waals surface area contributed by atoms with Crippen LogP contribution in [-0.2, 0) is 4.79 Å². The Morgan fingerprint density at radius 1 is 1.17 bits per heavy atom.